The molecule has 0 aliphatic carbocycles. The van der Waals surface area contributed by atoms with Gasteiger partial charge >= 0.3 is 0 Å². The van der Waals surface area contributed by atoms with Crippen LogP contribution in [0.1, 0.15) is 11.4 Å². The van der Waals surface area contributed by atoms with Crippen molar-refractivity contribution in [2.24, 2.45) is 0 Å². The van der Waals surface area contributed by atoms with Gasteiger partial charge in [-0.3, -0.25) is 4.79 Å². The molecule has 3 aromatic carbocycles. The minimum atomic E-state index is -0.0839. The highest BCUT2D eigenvalue weighted by molar-refractivity contribution is 9.10. The second-order valence-electron chi connectivity index (χ2n) is 6.66. The number of aromatic amines is 1. The van der Waals surface area contributed by atoms with Crippen LogP contribution in [0.3, 0.4) is 0 Å². The quantitative estimate of drug-likeness (QED) is 0.360. The zero-order valence-corrected chi connectivity index (χ0v) is 17.2. The molecule has 0 fully saturated rings. The van der Waals surface area contributed by atoms with E-state index >= 15 is 0 Å². The number of nitrogens with zero attached hydrogens (tertiary/aromatic N) is 1. The molecule has 1 N–H and O–H groups in total. The van der Waals surface area contributed by atoms with E-state index in [9.17, 15) is 4.79 Å². The van der Waals surface area contributed by atoms with Gasteiger partial charge in [-0.1, -0.05) is 70.5 Å². The third-order valence-corrected chi connectivity index (χ3v) is 6.29. The Morgan fingerprint density at radius 1 is 0.964 bits per heavy atom. The normalized spacial score (nSPS) is 11.3. The molecular formula is C23H15BrN2OS. The summed E-state index contributed by atoms with van der Waals surface area (Å²) >= 11 is 4.97. The van der Waals surface area contributed by atoms with E-state index < -0.39 is 0 Å². The Labute approximate surface area is 173 Å². The molecule has 2 heterocycles. The number of aromatic nitrogens is 2. The van der Waals surface area contributed by atoms with Crippen LogP contribution in [0.15, 0.2) is 81.4 Å². The highest BCUT2D eigenvalue weighted by Gasteiger charge is 2.13. The van der Waals surface area contributed by atoms with Crippen LogP contribution in [0.2, 0.25) is 0 Å². The maximum atomic E-state index is 12.9. The Balaban J connectivity index is 1.59. The molecule has 0 amide bonds. The molecule has 0 bridgehead atoms. The van der Waals surface area contributed by atoms with E-state index in [-0.39, 0.29) is 5.56 Å². The van der Waals surface area contributed by atoms with Crippen molar-refractivity contribution in [2.45, 2.75) is 6.42 Å². The van der Waals surface area contributed by atoms with Crippen molar-refractivity contribution in [1.82, 2.24) is 9.97 Å². The van der Waals surface area contributed by atoms with Crippen LogP contribution >= 0.6 is 27.3 Å². The number of halogens is 1. The van der Waals surface area contributed by atoms with Crippen LogP contribution in [0.25, 0.3) is 32.1 Å². The number of hydrogen-bond donors (Lipinski definition) is 1. The summed E-state index contributed by atoms with van der Waals surface area (Å²) in [5, 5.41) is 5.05. The molecule has 3 nitrogen and oxygen atoms in total. The van der Waals surface area contributed by atoms with E-state index in [1.165, 1.54) is 22.1 Å². The van der Waals surface area contributed by atoms with Gasteiger partial charge in [0.25, 0.3) is 5.56 Å². The fraction of sp³-hybridized carbons (Fsp3) is 0.0435. The second-order valence-corrected chi connectivity index (χ2v) is 8.44. The summed E-state index contributed by atoms with van der Waals surface area (Å²) in [6.45, 7) is 0. The van der Waals surface area contributed by atoms with Crippen LogP contribution in [0.5, 0.6) is 0 Å². The largest absolute Gasteiger partial charge is 0.310 e. The Morgan fingerprint density at radius 3 is 2.61 bits per heavy atom. The SMILES string of the molecule is O=c1[nH]c(Cc2cccc3ccccc23)nc2scc(-c3ccc(Br)cc3)c12. The van der Waals surface area contributed by atoms with E-state index in [1.54, 1.807) is 0 Å². The van der Waals surface area contributed by atoms with Crippen LogP contribution in [0.4, 0.5) is 0 Å². The molecule has 2 aromatic heterocycles. The first-order valence-electron chi connectivity index (χ1n) is 8.92. The van der Waals surface area contributed by atoms with E-state index in [1.807, 2.05) is 47.8 Å². The number of fused-ring (bicyclic) bond motifs is 2. The first-order valence-corrected chi connectivity index (χ1v) is 10.6. The molecular weight excluding hydrogens is 432 g/mol. The summed E-state index contributed by atoms with van der Waals surface area (Å²) in [7, 11) is 0. The lowest BCUT2D eigenvalue weighted by Crippen LogP contribution is -2.11. The first-order chi connectivity index (χ1) is 13.7. The number of thiophene rings is 1. The number of H-pyrrole nitrogens is 1. The predicted molar refractivity (Wildman–Crippen MR) is 120 cm³/mol. The zero-order valence-electron chi connectivity index (χ0n) is 14.8. The Kier molecular flexibility index (Phi) is 4.34. The molecule has 0 unspecified atom stereocenters. The molecule has 0 aliphatic rings. The molecule has 28 heavy (non-hydrogen) atoms. The maximum absolute atomic E-state index is 12.9. The van der Waals surface area contributed by atoms with Crippen molar-refractivity contribution in [2.75, 3.05) is 0 Å². The summed E-state index contributed by atoms with van der Waals surface area (Å²) in [4.78, 5) is 21.4. The van der Waals surface area contributed by atoms with E-state index in [0.29, 0.717) is 17.6 Å². The number of rotatable bonds is 3. The van der Waals surface area contributed by atoms with Gasteiger partial charge in [0.2, 0.25) is 0 Å². The van der Waals surface area contributed by atoms with Gasteiger partial charge in [0.15, 0.2) is 0 Å². The third kappa shape index (κ3) is 3.07. The van der Waals surface area contributed by atoms with Gasteiger partial charge in [0, 0.05) is 21.8 Å². The smallest absolute Gasteiger partial charge is 0.260 e. The standard InChI is InChI=1S/C23H15BrN2OS/c24-17-10-8-15(9-11-17)19-13-28-23-21(19)22(27)25-20(26-23)12-16-6-3-5-14-4-1-2-7-18(14)16/h1-11,13H,12H2,(H,25,26,27). The molecule has 5 aromatic rings. The molecule has 0 spiro atoms. The van der Waals surface area contributed by atoms with Gasteiger partial charge in [0.1, 0.15) is 10.7 Å². The molecule has 0 saturated carbocycles. The molecule has 0 aliphatic heterocycles. The molecule has 0 saturated heterocycles. The highest BCUT2D eigenvalue weighted by Crippen LogP contribution is 2.31. The van der Waals surface area contributed by atoms with E-state index in [2.05, 4.69) is 45.2 Å². The van der Waals surface area contributed by atoms with Crippen LogP contribution in [-0.2, 0) is 6.42 Å². The lowest BCUT2D eigenvalue weighted by atomic mass is 10.0. The molecule has 5 heteroatoms. The topological polar surface area (TPSA) is 45.8 Å². The van der Waals surface area contributed by atoms with E-state index in [4.69, 9.17) is 4.98 Å². The maximum Gasteiger partial charge on any atom is 0.260 e. The molecule has 5 rings (SSSR count). The number of hydrogen-bond acceptors (Lipinski definition) is 3. The van der Waals surface area contributed by atoms with Crippen molar-refractivity contribution in [3.05, 3.63) is 98.3 Å². The predicted octanol–water partition coefficient (Wildman–Crippen LogP) is 6.16. The van der Waals surface area contributed by atoms with Crippen LogP contribution < -0.4 is 5.56 Å². The van der Waals surface area contributed by atoms with Crippen LogP contribution in [0, 0.1) is 0 Å². The molecule has 0 radical (unpaired) electrons. The van der Waals surface area contributed by atoms with Crippen molar-refractivity contribution < 1.29 is 0 Å². The zero-order chi connectivity index (χ0) is 19.1. The summed E-state index contributed by atoms with van der Waals surface area (Å²) < 4.78 is 1.01. The Bertz CT molecular complexity index is 1360. The van der Waals surface area contributed by atoms with Gasteiger partial charge in [-0.2, -0.15) is 0 Å². The lowest BCUT2D eigenvalue weighted by Gasteiger charge is -2.06. The minimum absolute atomic E-state index is 0.0839. The van der Waals surface area contributed by atoms with E-state index in [0.717, 1.165) is 26.0 Å². The third-order valence-electron chi connectivity index (χ3n) is 4.89. The lowest BCUT2D eigenvalue weighted by molar-refractivity contribution is 0.983. The number of benzene rings is 3. The van der Waals surface area contributed by atoms with Gasteiger partial charge in [-0.05, 0) is 34.0 Å². The van der Waals surface area contributed by atoms with Gasteiger partial charge in [-0.25, -0.2) is 4.98 Å². The summed E-state index contributed by atoms with van der Waals surface area (Å²) in [6.07, 6.45) is 0.595. The van der Waals surface area contributed by atoms with Crippen LogP contribution in [-0.4, -0.2) is 9.97 Å². The number of nitrogens with one attached hydrogen (secondary N) is 1. The fourth-order valence-corrected chi connectivity index (χ4v) is 4.78. The Hall–Kier alpha value is -2.76. The molecule has 0 atom stereocenters. The minimum Gasteiger partial charge on any atom is -0.310 e. The summed E-state index contributed by atoms with van der Waals surface area (Å²) in [5.41, 5.74) is 3.02. The highest BCUT2D eigenvalue weighted by atomic mass is 79.9. The average molecular weight is 447 g/mol. The van der Waals surface area contributed by atoms with Crippen molar-refractivity contribution >= 4 is 48.3 Å². The average Bonchev–Trinajstić information content (AvgIpc) is 3.13. The summed E-state index contributed by atoms with van der Waals surface area (Å²) in [5.74, 6) is 0.693. The Morgan fingerprint density at radius 2 is 1.75 bits per heavy atom. The van der Waals surface area contributed by atoms with Crippen molar-refractivity contribution in [3.8, 4) is 11.1 Å². The summed E-state index contributed by atoms with van der Waals surface area (Å²) in [6, 6.07) is 22.5. The van der Waals surface area contributed by atoms with Gasteiger partial charge in [0.05, 0.1) is 5.39 Å². The van der Waals surface area contributed by atoms with Crippen molar-refractivity contribution in [3.63, 3.8) is 0 Å². The second kappa shape index (κ2) is 7.00. The van der Waals surface area contributed by atoms with Gasteiger partial charge in [-0.15, -0.1) is 11.3 Å². The monoisotopic (exact) mass is 446 g/mol. The fourth-order valence-electron chi connectivity index (χ4n) is 3.55. The molecule has 136 valence electrons. The first kappa shape index (κ1) is 17.3. The van der Waals surface area contributed by atoms with Crippen molar-refractivity contribution in [1.29, 1.82) is 0 Å². The van der Waals surface area contributed by atoms with Gasteiger partial charge < -0.3 is 4.98 Å².